The summed E-state index contributed by atoms with van der Waals surface area (Å²) in [6, 6.07) is 2.28. The third-order valence-electron chi connectivity index (χ3n) is 2.06. The number of hydrogen-bond donors (Lipinski definition) is 0. The molecule has 0 atom stereocenters. The molecule has 0 saturated carbocycles. The Morgan fingerprint density at radius 3 is 2.24 bits per heavy atom. The second-order valence-corrected chi connectivity index (χ2v) is 4.03. The number of hydrogen-bond acceptors (Lipinski definition) is 2. The van der Waals surface area contributed by atoms with E-state index in [1.165, 1.54) is 12.3 Å². The van der Waals surface area contributed by atoms with Crippen LogP contribution in [0.15, 0.2) is 33.4 Å². The van der Waals surface area contributed by atoms with Crippen molar-refractivity contribution < 1.29 is 22.4 Å². The van der Waals surface area contributed by atoms with Gasteiger partial charge >= 0.3 is 0 Å². The van der Waals surface area contributed by atoms with E-state index in [-0.39, 0.29) is 10.2 Å². The first-order valence-corrected chi connectivity index (χ1v) is 5.22. The van der Waals surface area contributed by atoms with Crippen LogP contribution >= 0.6 is 15.9 Å². The van der Waals surface area contributed by atoms with Crippen molar-refractivity contribution in [3.05, 3.63) is 57.7 Å². The van der Waals surface area contributed by atoms with Crippen molar-refractivity contribution in [2.75, 3.05) is 0 Å². The highest BCUT2D eigenvalue weighted by Gasteiger charge is 2.24. The monoisotopic (exact) mass is 304 g/mol. The van der Waals surface area contributed by atoms with Crippen molar-refractivity contribution in [1.29, 1.82) is 0 Å². The Balaban J connectivity index is 2.56. The summed E-state index contributed by atoms with van der Waals surface area (Å²) in [5.74, 6) is -4.85. The van der Waals surface area contributed by atoms with E-state index in [9.17, 15) is 18.0 Å². The largest absolute Gasteiger partial charge is 0.460 e. The Bertz CT molecular complexity index is 569. The van der Waals surface area contributed by atoms with Gasteiger partial charge in [-0.1, -0.05) is 0 Å². The quantitative estimate of drug-likeness (QED) is 0.792. The number of carbonyl (C=O) groups excluding carboxylic acids is 1. The first kappa shape index (κ1) is 11.9. The maximum atomic E-state index is 13.3. The zero-order valence-corrected chi connectivity index (χ0v) is 9.72. The van der Waals surface area contributed by atoms with Gasteiger partial charge in [-0.3, -0.25) is 4.79 Å². The lowest BCUT2D eigenvalue weighted by Crippen LogP contribution is -2.07. The van der Waals surface area contributed by atoms with E-state index >= 15 is 0 Å². The number of furan rings is 1. The van der Waals surface area contributed by atoms with E-state index in [1.54, 1.807) is 0 Å². The van der Waals surface area contributed by atoms with Crippen LogP contribution in [-0.2, 0) is 0 Å². The molecule has 0 aliphatic rings. The molecule has 0 aliphatic carbocycles. The first-order chi connectivity index (χ1) is 8.00. The standard InChI is InChI=1S/C11H4BrF3O2/c12-6-1-2-17-11(6)10(16)9-7(14)3-5(13)4-8(9)15/h1-4H. The van der Waals surface area contributed by atoms with Gasteiger partial charge < -0.3 is 4.42 Å². The van der Waals surface area contributed by atoms with Crippen LogP contribution < -0.4 is 0 Å². The van der Waals surface area contributed by atoms with Gasteiger partial charge in [-0.15, -0.1) is 0 Å². The SMILES string of the molecule is O=C(c1occc1Br)c1c(F)cc(F)cc1F. The summed E-state index contributed by atoms with van der Waals surface area (Å²) in [5, 5.41) is 0. The van der Waals surface area contributed by atoms with E-state index in [2.05, 4.69) is 15.9 Å². The van der Waals surface area contributed by atoms with Crippen LogP contribution in [-0.4, -0.2) is 5.78 Å². The van der Waals surface area contributed by atoms with Crippen molar-refractivity contribution >= 4 is 21.7 Å². The van der Waals surface area contributed by atoms with Crippen molar-refractivity contribution in [2.24, 2.45) is 0 Å². The number of carbonyl (C=O) groups is 1. The van der Waals surface area contributed by atoms with Gasteiger partial charge in [0, 0.05) is 12.1 Å². The molecule has 2 nitrogen and oxygen atoms in total. The molecule has 17 heavy (non-hydrogen) atoms. The van der Waals surface area contributed by atoms with E-state index in [0.717, 1.165) is 0 Å². The van der Waals surface area contributed by atoms with Crippen molar-refractivity contribution in [1.82, 2.24) is 0 Å². The summed E-state index contributed by atoms with van der Waals surface area (Å²) in [4.78, 5) is 11.8. The summed E-state index contributed by atoms with van der Waals surface area (Å²) in [5.41, 5.74) is -0.845. The molecule has 0 amide bonds. The maximum Gasteiger partial charge on any atom is 0.235 e. The Kier molecular flexibility index (Phi) is 3.06. The van der Waals surface area contributed by atoms with Gasteiger partial charge in [0.25, 0.3) is 0 Å². The fraction of sp³-hybridized carbons (Fsp3) is 0. The lowest BCUT2D eigenvalue weighted by Gasteiger charge is -2.02. The summed E-state index contributed by atoms with van der Waals surface area (Å²) >= 11 is 2.99. The topological polar surface area (TPSA) is 30.2 Å². The molecule has 2 rings (SSSR count). The smallest absolute Gasteiger partial charge is 0.235 e. The molecular formula is C11H4BrF3O2. The van der Waals surface area contributed by atoms with Crippen molar-refractivity contribution in [3.8, 4) is 0 Å². The highest BCUT2D eigenvalue weighted by molar-refractivity contribution is 9.10. The molecule has 2 aromatic rings. The fourth-order valence-electron chi connectivity index (χ4n) is 1.33. The molecule has 0 unspecified atom stereocenters. The third kappa shape index (κ3) is 2.12. The van der Waals surface area contributed by atoms with Gasteiger partial charge in [-0.2, -0.15) is 0 Å². The summed E-state index contributed by atoms with van der Waals surface area (Å²) in [6.45, 7) is 0. The average Bonchev–Trinajstić information content (AvgIpc) is 2.62. The Morgan fingerprint density at radius 1 is 1.18 bits per heavy atom. The number of benzene rings is 1. The van der Waals surface area contributed by atoms with Crippen LogP contribution in [0.25, 0.3) is 0 Å². The molecule has 6 heteroatoms. The Morgan fingerprint density at radius 2 is 1.76 bits per heavy atom. The second-order valence-electron chi connectivity index (χ2n) is 3.17. The highest BCUT2D eigenvalue weighted by atomic mass is 79.9. The van der Waals surface area contributed by atoms with Crippen molar-refractivity contribution in [2.45, 2.75) is 0 Å². The van der Waals surface area contributed by atoms with Crippen LogP contribution in [0.5, 0.6) is 0 Å². The van der Waals surface area contributed by atoms with Crippen LogP contribution in [0.4, 0.5) is 13.2 Å². The molecule has 0 spiro atoms. The molecule has 0 bridgehead atoms. The van der Waals surface area contributed by atoms with Crippen LogP contribution in [0.3, 0.4) is 0 Å². The predicted molar refractivity (Wildman–Crippen MR) is 56.2 cm³/mol. The van der Waals surface area contributed by atoms with E-state index < -0.39 is 28.8 Å². The predicted octanol–water partition coefficient (Wildman–Crippen LogP) is 3.69. The minimum Gasteiger partial charge on any atom is -0.460 e. The Hall–Kier alpha value is -1.56. The summed E-state index contributed by atoms with van der Waals surface area (Å²) in [6.07, 6.45) is 1.19. The van der Waals surface area contributed by atoms with Gasteiger partial charge in [-0.25, -0.2) is 13.2 Å². The average molecular weight is 305 g/mol. The molecule has 0 fully saturated rings. The highest BCUT2D eigenvalue weighted by Crippen LogP contribution is 2.24. The molecule has 1 heterocycles. The molecule has 0 N–H and O–H groups in total. The van der Waals surface area contributed by atoms with Gasteiger partial charge in [0.2, 0.25) is 5.78 Å². The Labute approximate surface area is 102 Å². The lowest BCUT2D eigenvalue weighted by atomic mass is 10.1. The molecule has 0 saturated heterocycles. The molecule has 88 valence electrons. The zero-order chi connectivity index (χ0) is 12.6. The first-order valence-electron chi connectivity index (χ1n) is 4.43. The van der Waals surface area contributed by atoms with Gasteiger partial charge in [0.15, 0.2) is 5.76 Å². The molecule has 1 aromatic heterocycles. The number of rotatable bonds is 2. The van der Waals surface area contributed by atoms with Crippen LogP contribution in [0, 0.1) is 17.5 Å². The van der Waals surface area contributed by atoms with Crippen LogP contribution in [0.2, 0.25) is 0 Å². The lowest BCUT2D eigenvalue weighted by molar-refractivity contribution is 0.1000. The third-order valence-corrected chi connectivity index (χ3v) is 2.68. The number of ketones is 1. The maximum absolute atomic E-state index is 13.3. The normalized spacial score (nSPS) is 10.6. The van der Waals surface area contributed by atoms with Crippen molar-refractivity contribution in [3.63, 3.8) is 0 Å². The molecule has 0 radical (unpaired) electrons. The van der Waals surface area contributed by atoms with Gasteiger partial charge in [-0.05, 0) is 22.0 Å². The second kappa shape index (κ2) is 4.37. The summed E-state index contributed by atoms with van der Waals surface area (Å²) in [7, 11) is 0. The van der Waals surface area contributed by atoms with E-state index in [1.807, 2.05) is 0 Å². The molecule has 1 aromatic carbocycles. The fourth-order valence-corrected chi connectivity index (χ4v) is 1.71. The minimum absolute atomic E-state index is 0.241. The van der Waals surface area contributed by atoms with Gasteiger partial charge in [0.05, 0.1) is 16.3 Å². The number of halogens is 4. The van der Waals surface area contributed by atoms with Gasteiger partial charge in [0.1, 0.15) is 17.5 Å². The molecular weight excluding hydrogens is 301 g/mol. The summed E-state index contributed by atoms with van der Waals surface area (Å²) < 4.78 is 44.4. The van der Waals surface area contributed by atoms with E-state index in [4.69, 9.17) is 4.42 Å². The minimum atomic E-state index is -1.27. The van der Waals surface area contributed by atoms with E-state index in [0.29, 0.717) is 12.1 Å². The zero-order valence-electron chi connectivity index (χ0n) is 8.14. The van der Waals surface area contributed by atoms with Crippen LogP contribution in [0.1, 0.15) is 16.1 Å². The molecule has 0 aliphatic heterocycles.